The average Bonchev–Trinajstić information content (AvgIpc) is 3.04. The van der Waals surface area contributed by atoms with Gasteiger partial charge < -0.3 is 5.32 Å². The highest BCUT2D eigenvalue weighted by Gasteiger charge is 2.42. The van der Waals surface area contributed by atoms with Crippen LogP contribution in [0.5, 0.6) is 0 Å². The molecule has 1 N–H and O–H groups in total. The Morgan fingerprint density at radius 3 is 2.26 bits per heavy atom. The van der Waals surface area contributed by atoms with Gasteiger partial charge in [0.05, 0.1) is 0 Å². The van der Waals surface area contributed by atoms with Gasteiger partial charge in [-0.3, -0.25) is 0 Å². The molecule has 0 heterocycles. The van der Waals surface area contributed by atoms with Gasteiger partial charge in [0.2, 0.25) is 0 Å². The van der Waals surface area contributed by atoms with Crippen LogP contribution >= 0.6 is 0 Å². The van der Waals surface area contributed by atoms with Gasteiger partial charge in [-0.15, -0.1) is 0 Å². The Hall–Kier alpha value is -0.0400. The molecule has 2 fully saturated rings. The maximum Gasteiger partial charge on any atom is 0.00950 e. The van der Waals surface area contributed by atoms with Crippen LogP contribution in [0.3, 0.4) is 0 Å². The van der Waals surface area contributed by atoms with Crippen molar-refractivity contribution in [3.8, 4) is 0 Å². The van der Waals surface area contributed by atoms with Crippen molar-refractivity contribution < 1.29 is 0 Å². The van der Waals surface area contributed by atoms with Gasteiger partial charge in [0, 0.05) is 6.04 Å². The second-order valence-corrected chi connectivity index (χ2v) is 7.14. The normalized spacial score (nSPS) is 30.9. The summed E-state index contributed by atoms with van der Waals surface area (Å²) in [5.41, 5.74) is 0. The summed E-state index contributed by atoms with van der Waals surface area (Å²) in [6.45, 7) is 2.30. The summed E-state index contributed by atoms with van der Waals surface area (Å²) in [6, 6.07) is 0.825. The van der Waals surface area contributed by atoms with Crippen molar-refractivity contribution in [2.24, 2.45) is 17.8 Å². The fourth-order valence-electron chi connectivity index (χ4n) is 4.68. The summed E-state index contributed by atoms with van der Waals surface area (Å²) >= 11 is 0. The predicted molar refractivity (Wildman–Crippen MR) is 84.4 cm³/mol. The Balaban J connectivity index is 1.56. The van der Waals surface area contributed by atoms with Crippen molar-refractivity contribution in [3.05, 3.63) is 0 Å². The van der Waals surface area contributed by atoms with Gasteiger partial charge in [-0.25, -0.2) is 0 Å². The number of nitrogens with one attached hydrogen (secondary N) is 1. The van der Waals surface area contributed by atoms with E-state index in [0.29, 0.717) is 0 Å². The molecule has 0 spiro atoms. The number of hydrogen-bond acceptors (Lipinski definition) is 1. The van der Waals surface area contributed by atoms with E-state index in [1.54, 1.807) is 6.42 Å². The Bertz CT molecular complexity index is 238. The molecule has 0 aliphatic heterocycles. The smallest absolute Gasteiger partial charge is 0.00950 e. The Labute approximate surface area is 120 Å². The predicted octanol–water partition coefficient (Wildman–Crippen LogP) is 5.15. The molecule has 1 nitrogen and oxygen atoms in total. The summed E-state index contributed by atoms with van der Waals surface area (Å²) in [4.78, 5) is 0. The topological polar surface area (TPSA) is 12.0 Å². The van der Waals surface area contributed by atoms with E-state index in [-0.39, 0.29) is 0 Å². The molecule has 2 rings (SSSR count). The molecule has 4 atom stereocenters. The minimum absolute atomic E-state index is 0.825. The fourth-order valence-corrected chi connectivity index (χ4v) is 4.68. The highest BCUT2D eigenvalue weighted by molar-refractivity contribution is 4.94. The van der Waals surface area contributed by atoms with Crippen LogP contribution < -0.4 is 5.32 Å². The maximum atomic E-state index is 3.64. The Morgan fingerprint density at radius 2 is 1.68 bits per heavy atom. The molecule has 2 aliphatic carbocycles. The first kappa shape index (κ1) is 15.4. The largest absolute Gasteiger partial charge is 0.317 e. The third-order valence-corrected chi connectivity index (χ3v) is 5.80. The lowest BCUT2D eigenvalue weighted by Gasteiger charge is -2.30. The van der Waals surface area contributed by atoms with Crippen LogP contribution in [0.4, 0.5) is 0 Å². The van der Waals surface area contributed by atoms with E-state index < -0.39 is 0 Å². The van der Waals surface area contributed by atoms with Crippen LogP contribution in [0.2, 0.25) is 0 Å². The van der Waals surface area contributed by atoms with Gasteiger partial charge in [-0.1, -0.05) is 58.3 Å². The van der Waals surface area contributed by atoms with Crippen molar-refractivity contribution in [1.82, 2.24) is 5.32 Å². The number of fused-ring (bicyclic) bond motifs is 2. The highest BCUT2D eigenvalue weighted by atomic mass is 14.9. The van der Waals surface area contributed by atoms with Crippen LogP contribution in [0, 0.1) is 17.8 Å². The van der Waals surface area contributed by atoms with E-state index >= 15 is 0 Å². The summed E-state index contributed by atoms with van der Waals surface area (Å²) in [7, 11) is 2.19. The summed E-state index contributed by atoms with van der Waals surface area (Å²) in [5, 5.41) is 3.64. The molecule has 0 saturated heterocycles. The summed E-state index contributed by atoms with van der Waals surface area (Å²) in [5.74, 6) is 3.19. The van der Waals surface area contributed by atoms with Gasteiger partial charge in [-0.2, -0.15) is 0 Å². The zero-order valence-corrected chi connectivity index (χ0v) is 13.3. The van der Waals surface area contributed by atoms with Gasteiger partial charge >= 0.3 is 0 Å². The lowest BCUT2D eigenvalue weighted by atomic mass is 9.81. The zero-order chi connectivity index (χ0) is 13.5. The minimum Gasteiger partial charge on any atom is -0.317 e. The van der Waals surface area contributed by atoms with E-state index in [0.717, 1.165) is 23.8 Å². The second kappa shape index (κ2) is 8.29. The molecule has 0 aromatic carbocycles. The lowest BCUT2D eigenvalue weighted by Crippen LogP contribution is -2.36. The number of unbranched alkanes of at least 4 members (excludes halogenated alkanes) is 6. The van der Waals surface area contributed by atoms with Crippen LogP contribution in [0.25, 0.3) is 0 Å². The van der Waals surface area contributed by atoms with E-state index in [4.69, 9.17) is 0 Å². The molecule has 1 heteroatoms. The van der Waals surface area contributed by atoms with Crippen molar-refractivity contribution in [2.45, 2.75) is 90.0 Å². The molecule has 0 amide bonds. The van der Waals surface area contributed by atoms with Gasteiger partial charge in [0.25, 0.3) is 0 Å². The lowest BCUT2D eigenvalue weighted by molar-refractivity contribution is 0.243. The van der Waals surface area contributed by atoms with E-state index in [1.807, 2.05) is 0 Å². The molecular weight excluding hydrogens is 230 g/mol. The Kier molecular flexibility index (Phi) is 6.70. The van der Waals surface area contributed by atoms with Gasteiger partial charge in [-0.05, 0) is 50.5 Å². The molecule has 0 aromatic rings. The quantitative estimate of drug-likeness (QED) is 0.539. The van der Waals surface area contributed by atoms with Crippen molar-refractivity contribution >= 4 is 0 Å². The van der Waals surface area contributed by atoms with Crippen LogP contribution in [0.15, 0.2) is 0 Å². The van der Waals surface area contributed by atoms with Crippen molar-refractivity contribution in [3.63, 3.8) is 0 Å². The minimum atomic E-state index is 0.825. The first-order valence-electron chi connectivity index (χ1n) is 9.02. The number of rotatable bonds is 10. The molecule has 2 aliphatic rings. The molecule has 2 saturated carbocycles. The molecule has 4 unspecified atom stereocenters. The first-order valence-corrected chi connectivity index (χ1v) is 9.02. The van der Waals surface area contributed by atoms with Crippen LogP contribution in [-0.2, 0) is 0 Å². The van der Waals surface area contributed by atoms with E-state index in [1.165, 1.54) is 70.6 Å². The maximum absolute atomic E-state index is 3.64. The second-order valence-electron chi connectivity index (χ2n) is 7.14. The molecular formula is C18H35N. The molecule has 112 valence electrons. The fraction of sp³-hybridized carbons (Fsp3) is 1.00. The summed E-state index contributed by atoms with van der Waals surface area (Å²) < 4.78 is 0. The average molecular weight is 265 g/mol. The monoisotopic (exact) mass is 265 g/mol. The van der Waals surface area contributed by atoms with Crippen LogP contribution in [-0.4, -0.2) is 13.1 Å². The van der Waals surface area contributed by atoms with E-state index in [9.17, 15) is 0 Å². The van der Waals surface area contributed by atoms with Gasteiger partial charge in [0.1, 0.15) is 0 Å². The Morgan fingerprint density at radius 1 is 0.947 bits per heavy atom. The third-order valence-electron chi connectivity index (χ3n) is 5.80. The molecule has 19 heavy (non-hydrogen) atoms. The molecule has 0 aromatic heterocycles. The van der Waals surface area contributed by atoms with Crippen molar-refractivity contribution in [1.29, 1.82) is 0 Å². The number of hydrogen-bond donors (Lipinski definition) is 1. The van der Waals surface area contributed by atoms with E-state index in [2.05, 4.69) is 19.3 Å². The molecule has 2 bridgehead atoms. The zero-order valence-electron chi connectivity index (χ0n) is 13.3. The first-order chi connectivity index (χ1) is 9.35. The highest BCUT2D eigenvalue weighted by Crippen LogP contribution is 2.50. The molecule has 0 radical (unpaired) electrons. The third kappa shape index (κ3) is 4.48. The van der Waals surface area contributed by atoms with Gasteiger partial charge in [0.15, 0.2) is 0 Å². The summed E-state index contributed by atoms with van der Waals surface area (Å²) in [6.07, 6.45) is 17.7. The van der Waals surface area contributed by atoms with Crippen molar-refractivity contribution in [2.75, 3.05) is 7.05 Å². The SMILES string of the molecule is CCCCCCCCCC(NC)C1CC2CCC1C2. The standard InChI is InChI=1S/C18H35N/c1-3-4-5-6-7-8-9-10-18(19-2)17-14-15-11-12-16(17)13-15/h15-19H,3-14H2,1-2H3. The van der Waals surface area contributed by atoms with Crippen LogP contribution in [0.1, 0.15) is 84.0 Å².